The molecule has 3 rings (SSSR count). The van der Waals surface area contributed by atoms with Gasteiger partial charge in [-0.1, -0.05) is 18.2 Å². The molecule has 1 aromatic carbocycles. The Morgan fingerprint density at radius 2 is 2.08 bits per heavy atom. The highest BCUT2D eigenvalue weighted by Gasteiger charge is 2.58. The van der Waals surface area contributed by atoms with Crippen LogP contribution in [0.2, 0.25) is 0 Å². The number of para-hydroxylation sites is 1. The number of aliphatic hydroxyl groups is 1. The van der Waals surface area contributed by atoms with Crippen LogP contribution in [0.5, 0.6) is 0 Å². The number of H-pyrrole nitrogens is 1. The van der Waals surface area contributed by atoms with Crippen LogP contribution in [-0.2, 0) is 11.2 Å². The van der Waals surface area contributed by atoms with Gasteiger partial charge in [-0.25, -0.2) is 0 Å². The molecule has 2 atom stereocenters. The lowest BCUT2D eigenvalue weighted by Gasteiger charge is -2.26. The number of carbonyl (C=O) groups excluding carboxylic acids is 1. The summed E-state index contributed by atoms with van der Waals surface area (Å²) >= 11 is 0. The minimum absolute atomic E-state index is 0. The summed E-state index contributed by atoms with van der Waals surface area (Å²) in [5, 5.41) is 10.6. The Balaban J connectivity index is 0.00000225. The molecule has 0 radical (unpaired) electrons. The van der Waals surface area contributed by atoms with Crippen molar-refractivity contribution in [3.8, 4) is 0 Å². The second-order valence-electron chi connectivity index (χ2n) is 6.21. The molecule has 9 heteroatoms. The molecule has 0 aliphatic carbocycles. The zero-order valence-electron chi connectivity index (χ0n) is 13.2. The first-order chi connectivity index (χ1) is 11.2. The van der Waals surface area contributed by atoms with Gasteiger partial charge in [0.05, 0.1) is 12.6 Å². The van der Waals surface area contributed by atoms with Crippen LogP contribution in [0.25, 0.3) is 10.9 Å². The highest BCUT2D eigenvalue weighted by atomic mass is 35.5. The Kier molecular flexibility index (Phi) is 5.36. The number of hydrogen-bond acceptors (Lipinski definition) is 3. The number of aromatic nitrogens is 1. The van der Waals surface area contributed by atoms with Crippen LogP contribution in [0.3, 0.4) is 0 Å². The largest absolute Gasteiger partial charge is 0.419 e. The number of fused-ring (bicyclic) bond motifs is 1. The lowest BCUT2D eigenvalue weighted by molar-refractivity contribution is -0.253. The Hall–Kier alpha value is -1.77. The number of hydrogen-bond donors (Lipinski definition) is 3. The Morgan fingerprint density at radius 1 is 1.40 bits per heavy atom. The van der Waals surface area contributed by atoms with Gasteiger partial charge in [0.2, 0.25) is 5.91 Å². The zero-order chi connectivity index (χ0) is 17.5. The van der Waals surface area contributed by atoms with E-state index in [1.165, 1.54) is 0 Å². The van der Waals surface area contributed by atoms with Crippen LogP contribution in [0.1, 0.15) is 12.0 Å². The SMILES string of the molecule is Cl.N[C@@H](Cc1c[nH]c2ccccc12)C(=O)N1CCC(O)(C(F)(F)F)C1. The number of alkyl halides is 3. The molecule has 25 heavy (non-hydrogen) atoms. The third-order valence-corrected chi connectivity index (χ3v) is 4.52. The van der Waals surface area contributed by atoms with Crippen LogP contribution < -0.4 is 5.73 Å². The first-order valence-corrected chi connectivity index (χ1v) is 7.60. The number of likely N-dealkylation sites (tertiary alicyclic amines) is 1. The van der Waals surface area contributed by atoms with Crippen molar-refractivity contribution in [2.24, 2.45) is 5.73 Å². The Morgan fingerprint density at radius 3 is 2.72 bits per heavy atom. The van der Waals surface area contributed by atoms with Gasteiger partial charge < -0.3 is 20.7 Å². The van der Waals surface area contributed by atoms with Crippen LogP contribution in [0, 0.1) is 0 Å². The molecule has 1 saturated heterocycles. The molecular formula is C16H19ClF3N3O2. The quantitative estimate of drug-likeness (QED) is 0.765. The van der Waals surface area contributed by atoms with Crippen molar-refractivity contribution in [3.05, 3.63) is 36.0 Å². The van der Waals surface area contributed by atoms with Gasteiger partial charge in [0, 0.05) is 30.1 Å². The van der Waals surface area contributed by atoms with Gasteiger partial charge in [-0.3, -0.25) is 4.79 Å². The number of nitrogens with zero attached hydrogens (tertiary/aromatic N) is 1. The van der Waals surface area contributed by atoms with Gasteiger partial charge in [-0.2, -0.15) is 13.2 Å². The van der Waals surface area contributed by atoms with Crippen LogP contribution >= 0.6 is 12.4 Å². The predicted molar refractivity (Wildman–Crippen MR) is 89.4 cm³/mol. The molecule has 1 amide bonds. The summed E-state index contributed by atoms with van der Waals surface area (Å²) in [4.78, 5) is 16.4. The second kappa shape index (κ2) is 6.86. The third-order valence-electron chi connectivity index (χ3n) is 4.52. The van der Waals surface area contributed by atoms with E-state index in [0.29, 0.717) is 0 Å². The molecule has 1 aromatic heterocycles. The van der Waals surface area contributed by atoms with E-state index in [1.54, 1.807) is 6.20 Å². The maximum Gasteiger partial charge on any atom is 0.419 e. The summed E-state index contributed by atoms with van der Waals surface area (Å²) < 4.78 is 38.5. The van der Waals surface area contributed by atoms with Crippen molar-refractivity contribution < 1.29 is 23.1 Å². The van der Waals surface area contributed by atoms with Gasteiger partial charge in [0.15, 0.2) is 5.60 Å². The normalized spacial score (nSPS) is 22.0. The van der Waals surface area contributed by atoms with Crippen molar-refractivity contribution in [1.29, 1.82) is 0 Å². The average molecular weight is 378 g/mol. The van der Waals surface area contributed by atoms with E-state index < -0.39 is 36.7 Å². The summed E-state index contributed by atoms with van der Waals surface area (Å²) in [6, 6.07) is 6.54. The Labute approximate surface area is 148 Å². The topological polar surface area (TPSA) is 82.4 Å². The second-order valence-corrected chi connectivity index (χ2v) is 6.21. The number of nitrogens with one attached hydrogen (secondary N) is 1. The van der Waals surface area contributed by atoms with E-state index >= 15 is 0 Å². The molecule has 5 nitrogen and oxygen atoms in total. The lowest BCUT2D eigenvalue weighted by Crippen LogP contribution is -2.50. The molecule has 1 fully saturated rings. The van der Waals surface area contributed by atoms with Crippen LogP contribution in [-0.4, -0.2) is 51.8 Å². The molecule has 1 aliphatic rings. The fourth-order valence-corrected chi connectivity index (χ4v) is 3.07. The van der Waals surface area contributed by atoms with Gasteiger partial charge in [0.25, 0.3) is 0 Å². The van der Waals surface area contributed by atoms with Crippen molar-refractivity contribution in [2.45, 2.75) is 30.7 Å². The molecule has 1 aliphatic heterocycles. The minimum Gasteiger partial charge on any atom is -0.379 e. The van der Waals surface area contributed by atoms with E-state index in [9.17, 15) is 23.1 Å². The van der Waals surface area contributed by atoms with Gasteiger partial charge in [-0.15, -0.1) is 12.4 Å². The monoisotopic (exact) mass is 377 g/mol. The molecule has 2 heterocycles. The standard InChI is InChI=1S/C16H18F3N3O2.ClH/c17-16(18,19)15(24)5-6-22(9-15)14(23)12(20)7-10-8-21-13-4-2-1-3-11(10)13;/h1-4,8,12,21,24H,5-7,9,20H2;1H/t12-,15?;/m0./s1. The van der Waals surface area contributed by atoms with Crippen LogP contribution in [0.4, 0.5) is 13.2 Å². The van der Waals surface area contributed by atoms with Crippen molar-refractivity contribution in [1.82, 2.24) is 9.88 Å². The summed E-state index contributed by atoms with van der Waals surface area (Å²) in [5.74, 6) is -0.583. The lowest BCUT2D eigenvalue weighted by atomic mass is 10.0. The summed E-state index contributed by atoms with van der Waals surface area (Å²) in [6.07, 6.45) is -3.33. The number of aromatic amines is 1. The van der Waals surface area contributed by atoms with Gasteiger partial charge >= 0.3 is 6.18 Å². The molecular weight excluding hydrogens is 359 g/mol. The highest BCUT2D eigenvalue weighted by molar-refractivity contribution is 5.86. The van der Waals surface area contributed by atoms with Gasteiger partial charge in [0.1, 0.15) is 0 Å². The number of rotatable bonds is 3. The number of amides is 1. The molecule has 2 aromatic rings. The Bertz CT molecular complexity index is 764. The fourth-order valence-electron chi connectivity index (χ4n) is 3.07. The van der Waals surface area contributed by atoms with Crippen molar-refractivity contribution >= 4 is 29.2 Å². The third kappa shape index (κ3) is 3.61. The molecule has 0 spiro atoms. The average Bonchev–Trinajstić information content (AvgIpc) is 3.11. The zero-order valence-corrected chi connectivity index (χ0v) is 14.0. The molecule has 4 N–H and O–H groups in total. The molecule has 0 saturated carbocycles. The van der Waals surface area contributed by atoms with E-state index in [-0.39, 0.29) is 25.4 Å². The van der Waals surface area contributed by atoms with E-state index in [4.69, 9.17) is 5.73 Å². The first-order valence-electron chi connectivity index (χ1n) is 7.60. The van der Waals surface area contributed by atoms with Crippen LogP contribution in [0.15, 0.2) is 30.5 Å². The number of halogens is 4. The van der Waals surface area contributed by atoms with E-state index in [0.717, 1.165) is 21.4 Å². The van der Waals surface area contributed by atoms with Gasteiger partial charge in [-0.05, 0) is 18.1 Å². The molecule has 1 unspecified atom stereocenters. The summed E-state index contributed by atoms with van der Waals surface area (Å²) in [6.45, 7) is -0.923. The van der Waals surface area contributed by atoms with Crippen molar-refractivity contribution in [3.63, 3.8) is 0 Å². The maximum atomic E-state index is 12.8. The molecule has 138 valence electrons. The minimum atomic E-state index is -4.76. The fraction of sp³-hybridized carbons (Fsp3) is 0.438. The first kappa shape index (κ1) is 19.6. The molecule has 0 bridgehead atoms. The summed E-state index contributed by atoms with van der Waals surface area (Å²) in [5.41, 5.74) is 4.80. The smallest absolute Gasteiger partial charge is 0.379 e. The van der Waals surface area contributed by atoms with E-state index in [2.05, 4.69) is 4.98 Å². The van der Waals surface area contributed by atoms with Crippen molar-refractivity contribution in [2.75, 3.05) is 13.1 Å². The van der Waals surface area contributed by atoms with E-state index in [1.807, 2.05) is 24.3 Å². The number of carbonyl (C=O) groups is 1. The maximum absolute atomic E-state index is 12.8. The number of nitrogens with two attached hydrogens (primary N) is 1. The predicted octanol–water partition coefficient (Wildman–Crippen LogP) is 1.99. The summed E-state index contributed by atoms with van der Waals surface area (Å²) in [7, 11) is 0. The number of benzene rings is 1. The highest BCUT2D eigenvalue weighted by Crippen LogP contribution is 2.37. The number of β-amino-alcohol motifs (C(OH)–C–C–N with tert-alkyl or cyclic N) is 1.